The van der Waals surface area contributed by atoms with Crippen LogP contribution in [0, 0.1) is 0 Å². The van der Waals surface area contributed by atoms with Crippen LogP contribution < -0.4 is 9.47 Å². The van der Waals surface area contributed by atoms with Gasteiger partial charge in [0.2, 0.25) is 19.7 Å². The summed E-state index contributed by atoms with van der Waals surface area (Å²) in [5.74, 6) is 0.351. The molecule has 2 aliphatic rings. The highest BCUT2D eigenvalue weighted by Crippen LogP contribution is 2.41. The largest absolute Gasteiger partial charge is 0.508 e. The first kappa shape index (κ1) is 26.6. The number of ether oxygens (including phenoxy) is 2. The molecule has 0 aromatic heterocycles. The molecular formula is C32H24O7S2. The molecule has 0 fully saturated rings. The van der Waals surface area contributed by atoms with Crippen molar-refractivity contribution in [3.8, 4) is 28.4 Å². The van der Waals surface area contributed by atoms with Crippen molar-refractivity contribution in [1.29, 1.82) is 0 Å². The second-order valence-corrected chi connectivity index (χ2v) is 13.3. The first-order valence-electron chi connectivity index (χ1n) is 12.7. The fourth-order valence-electron chi connectivity index (χ4n) is 4.64. The van der Waals surface area contributed by atoms with E-state index in [-0.39, 0.29) is 50.0 Å². The van der Waals surface area contributed by atoms with E-state index in [2.05, 4.69) is 0 Å². The third-order valence-corrected chi connectivity index (χ3v) is 10.4. The average molecular weight is 585 g/mol. The number of hydrogen-bond acceptors (Lipinski definition) is 7. The van der Waals surface area contributed by atoms with Gasteiger partial charge in [-0.3, -0.25) is 0 Å². The maximum atomic E-state index is 14.0. The van der Waals surface area contributed by atoms with Crippen LogP contribution in [0.4, 0.5) is 0 Å². The van der Waals surface area contributed by atoms with Gasteiger partial charge in [0, 0.05) is 5.56 Å². The van der Waals surface area contributed by atoms with Gasteiger partial charge in [-0.2, -0.15) is 0 Å². The molecule has 0 aliphatic carbocycles. The van der Waals surface area contributed by atoms with Gasteiger partial charge in [0.05, 0.1) is 9.79 Å². The molecule has 0 saturated carbocycles. The van der Waals surface area contributed by atoms with Crippen LogP contribution in [0.3, 0.4) is 0 Å². The molecule has 2 heterocycles. The minimum atomic E-state index is -4.08. The normalized spacial score (nSPS) is 14.2. The zero-order valence-electron chi connectivity index (χ0n) is 21.6. The minimum Gasteiger partial charge on any atom is -0.508 e. The lowest BCUT2D eigenvalue weighted by molar-refractivity contribution is 0.297. The highest BCUT2D eigenvalue weighted by atomic mass is 32.2. The Hall–Kier alpha value is -4.60. The van der Waals surface area contributed by atoms with Gasteiger partial charge in [-0.25, -0.2) is 16.8 Å². The summed E-state index contributed by atoms with van der Waals surface area (Å²) >= 11 is 0. The summed E-state index contributed by atoms with van der Waals surface area (Å²) in [5.41, 5.74) is 2.80. The predicted octanol–water partition coefficient (Wildman–Crippen LogP) is 6.20. The van der Waals surface area contributed by atoms with E-state index in [9.17, 15) is 21.9 Å². The molecule has 0 amide bonds. The van der Waals surface area contributed by atoms with E-state index in [4.69, 9.17) is 9.47 Å². The molecule has 206 valence electrons. The molecule has 0 atom stereocenters. The fourth-order valence-corrected chi connectivity index (χ4v) is 7.45. The predicted molar refractivity (Wildman–Crippen MR) is 152 cm³/mol. The Labute approximate surface area is 238 Å². The maximum Gasteiger partial charge on any atom is 0.213 e. The van der Waals surface area contributed by atoms with Crippen LogP contribution in [-0.4, -0.2) is 21.9 Å². The van der Waals surface area contributed by atoms with Crippen LogP contribution in [0.2, 0.25) is 0 Å². The lowest BCUT2D eigenvalue weighted by atomic mass is 10.0. The van der Waals surface area contributed by atoms with Crippen molar-refractivity contribution in [2.75, 3.05) is 0 Å². The number of phenolic OH excluding ortho intramolecular Hbond substituents is 1. The molecule has 5 aromatic carbocycles. The van der Waals surface area contributed by atoms with Crippen LogP contribution >= 0.6 is 0 Å². The van der Waals surface area contributed by atoms with E-state index in [1.54, 1.807) is 42.5 Å². The van der Waals surface area contributed by atoms with Crippen LogP contribution in [0.5, 0.6) is 17.2 Å². The van der Waals surface area contributed by atoms with E-state index in [1.165, 1.54) is 48.5 Å². The van der Waals surface area contributed by atoms with Gasteiger partial charge in [0.25, 0.3) is 0 Å². The lowest BCUT2D eigenvalue weighted by Crippen LogP contribution is -2.08. The Morgan fingerprint density at radius 2 is 1.17 bits per heavy atom. The van der Waals surface area contributed by atoms with Crippen LogP contribution in [0.25, 0.3) is 11.1 Å². The molecule has 0 unspecified atom stereocenters. The first-order chi connectivity index (χ1) is 19.7. The molecule has 0 saturated heterocycles. The Bertz CT molecular complexity index is 1950. The van der Waals surface area contributed by atoms with Crippen LogP contribution in [0.15, 0.2) is 135 Å². The zero-order valence-corrected chi connectivity index (χ0v) is 23.2. The fraction of sp³-hybridized carbons (Fsp3) is 0.0625. The summed E-state index contributed by atoms with van der Waals surface area (Å²) < 4.78 is 66.5. The summed E-state index contributed by atoms with van der Waals surface area (Å²) in [6, 6.07) is 30.5. The Kier molecular flexibility index (Phi) is 6.76. The molecule has 2 bridgehead atoms. The van der Waals surface area contributed by atoms with Crippen molar-refractivity contribution >= 4 is 19.7 Å². The van der Waals surface area contributed by atoms with E-state index < -0.39 is 19.7 Å². The van der Waals surface area contributed by atoms with E-state index in [0.717, 1.165) is 11.1 Å². The van der Waals surface area contributed by atoms with E-state index >= 15 is 0 Å². The Morgan fingerprint density at radius 3 is 1.83 bits per heavy atom. The molecule has 41 heavy (non-hydrogen) atoms. The Morgan fingerprint density at radius 1 is 0.610 bits per heavy atom. The van der Waals surface area contributed by atoms with Gasteiger partial charge in [0.1, 0.15) is 40.3 Å². The van der Waals surface area contributed by atoms with Crippen molar-refractivity contribution in [1.82, 2.24) is 0 Å². The van der Waals surface area contributed by atoms with E-state index in [1.807, 2.05) is 24.3 Å². The number of rotatable bonds is 3. The number of hydrogen-bond donors (Lipinski definition) is 1. The van der Waals surface area contributed by atoms with Gasteiger partial charge >= 0.3 is 0 Å². The molecular weight excluding hydrogens is 560 g/mol. The van der Waals surface area contributed by atoms with Crippen molar-refractivity contribution in [2.45, 2.75) is 32.8 Å². The second kappa shape index (κ2) is 10.4. The third kappa shape index (κ3) is 5.05. The molecule has 1 N–H and O–H groups in total. The van der Waals surface area contributed by atoms with Gasteiger partial charge in [-0.1, -0.05) is 60.7 Å². The molecule has 7 rings (SSSR count). The molecule has 0 radical (unpaired) electrons. The van der Waals surface area contributed by atoms with Gasteiger partial charge in [-0.15, -0.1) is 0 Å². The summed E-state index contributed by atoms with van der Waals surface area (Å²) in [7, 11) is -7.92. The molecule has 5 aromatic rings. The van der Waals surface area contributed by atoms with Crippen molar-refractivity contribution in [3.63, 3.8) is 0 Å². The number of benzene rings is 5. The van der Waals surface area contributed by atoms with E-state index in [0.29, 0.717) is 11.1 Å². The third-order valence-electron chi connectivity index (χ3n) is 6.83. The summed E-state index contributed by atoms with van der Waals surface area (Å²) in [6.45, 7) is 0.329. The molecule has 2 aliphatic heterocycles. The number of phenols is 1. The van der Waals surface area contributed by atoms with Crippen LogP contribution in [0.1, 0.15) is 11.1 Å². The minimum absolute atomic E-state index is 0.0207. The summed E-state index contributed by atoms with van der Waals surface area (Å²) in [5, 5.41) is 9.53. The van der Waals surface area contributed by atoms with Crippen molar-refractivity contribution in [3.05, 3.63) is 126 Å². The number of sulfone groups is 2. The quantitative estimate of drug-likeness (QED) is 0.269. The molecule has 0 spiro atoms. The average Bonchev–Trinajstić information content (AvgIpc) is 3.00. The van der Waals surface area contributed by atoms with Gasteiger partial charge < -0.3 is 14.6 Å². The molecule has 7 nitrogen and oxygen atoms in total. The lowest BCUT2D eigenvalue weighted by Gasteiger charge is -2.18. The van der Waals surface area contributed by atoms with Crippen molar-refractivity contribution in [2.24, 2.45) is 0 Å². The van der Waals surface area contributed by atoms with Crippen LogP contribution in [-0.2, 0) is 32.9 Å². The monoisotopic (exact) mass is 584 g/mol. The van der Waals surface area contributed by atoms with Crippen molar-refractivity contribution < 1.29 is 31.4 Å². The number of para-hydroxylation sites is 2. The SMILES string of the molecule is O=S(=O)(c1ccc(O)cc1)c1ccc(-c2cccc3c2OCc2ccc(cc2)COc2ccccc2S3(=O)=O)cc1. The zero-order chi connectivity index (χ0) is 28.6. The summed E-state index contributed by atoms with van der Waals surface area (Å²) in [4.78, 5) is 0.0985. The number of aromatic hydroxyl groups is 1. The Balaban J connectivity index is 1.48. The smallest absolute Gasteiger partial charge is 0.213 e. The van der Waals surface area contributed by atoms with Gasteiger partial charge in [-0.05, 0) is 71.3 Å². The maximum absolute atomic E-state index is 14.0. The highest BCUT2D eigenvalue weighted by molar-refractivity contribution is 7.92. The topological polar surface area (TPSA) is 107 Å². The number of fused-ring (bicyclic) bond motifs is 4. The summed E-state index contributed by atoms with van der Waals surface area (Å²) in [6.07, 6.45) is 0. The molecule has 9 heteroatoms. The first-order valence-corrected chi connectivity index (χ1v) is 15.7. The highest BCUT2D eigenvalue weighted by Gasteiger charge is 2.28. The second-order valence-electron chi connectivity index (χ2n) is 9.50. The standard InChI is InChI=1S/C32H24O7S2/c33-25-14-18-27(19-15-25)40(34,35)26-16-12-24(13-17-26)28-4-3-7-31-32(28)39-21-23-10-8-22(9-11-23)20-38-29-5-1-2-6-30(29)41(31,36)37/h1-19,33H,20-21H2. The van der Waals surface area contributed by atoms with Gasteiger partial charge in [0.15, 0.2) is 0 Å².